The van der Waals surface area contributed by atoms with E-state index in [1.165, 1.54) is 0 Å². The van der Waals surface area contributed by atoms with Crippen molar-refractivity contribution in [1.82, 2.24) is 25.4 Å². The van der Waals surface area contributed by atoms with Crippen molar-refractivity contribution >= 4 is 29.9 Å². The maximum Gasteiger partial charge on any atom is 0.191 e. The lowest BCUT2D eigenvalue weighted by atomic mass is 10.2. The van der Waals surface area contributed by atoms with E-state index in [1.807, 2.05) is 24.3 Å². The molecule has 0 fully saturated rings. The lowest BCUT2D eigenvalue weighted by molar-refractivity contribution is 0.358. The average Bonchev–Trinajstić information content (AvgIpc) is 3.25. The van der Waals surface area contributed by atoms with Crippen molar-refractivity contribution in [3.63, 3.8) is 0 Å². The van der Waals surface area contributed by atoms with E-state index < -0.39 is 0 Å². The molecule has 1 aliphatic heterocycles. The predicted octanol–water partition coefficient (Wildman–Crippen LogP) is 2.27. The SMILES string of the molecule is C=CCOc1ccccc1CNC(=NC)NCc1nnc2n1CCC2.I. The van der Waals surface area contributed by atoms with Crippen molar-refractivity contribution in [2.75, 3.05) is 13.7 Å². The highest BCUT2D eigenvalue weighted by molar-refractivity contribution is 14.0. The highest BCUT2D eigenvalue weighted by Gasteiger charge is 2.17. The number of para-hydroxylation sites is 1. The van der Waals surface area contributed by atoms with Crippen LogP contribution in [0.4, 0.5) is 0 Å². The van der Waals surface area contributed by atoms with Crippen LogP contribution in [0.2, 0.25) is 0 Å². The summed E-state index contributed by atoms with van der Waals surface area (Å²) in [6, 6.07) is 7.94. The molecular formula is C18H25IN6O. The molecule has 8 heteroatoms. The van der Waals surface area contributed by atoms with Gasteiger partial charge in [-0.15, -0.1) is 34.2 Å². The molecule has 0 spiro atoms. The minimum Gasteiger partial charge on any atom is -0.489 e. The summed E-state index contributed by atoms with van der Waals surface area (Å²) in [7, 11) is 1.75. The van der Waals surface area contributed by atoms with Crippen LogP contribution in [0.3, 0.4) is 0 Å². The Morgan fingerprint density at radius 2 is 2.12 bits per heavy atom. The predicted molar refractivity (Wildman–Crippen MR) is 113 cm³/mol. The molecule has 1 aliphatic rings. The Labute approximate surface area is 171 Å². The van der Waals surface area contributed by atoms with E-state index in [0.717, 1.165) is 42.3 Å². The number of aliphatic imine (C=N–C) groups is 1. The van der Waals surface area contributed by atoms with E-state index in [1.54, 1.807) is 13.1 Å². The van der Waals surface area contributed by atoms with Crippen molar-refractivity contribution in [2.45, 2.75) is 32.5 Å². The second-order valence-electron chi connectivity index (χ2n) is 5.77. The maximum absolute atomic E-state index is 5.68. The highest BCUT2D eigenvalue weighted by Crippen LogP contribution is 2.17. The number of nitrogens with zero attached hydrogens (tertiary/aromatic N) is 4. The summed E-state index contributed by atoms with van der Waals surface area (Å²) in [4.78, 5) is 4.27. The van der Waals surface area contributed by atoms with E-state index in [0.29, 0.717) is 25.7 Å². The van der Waals surface area contributed by atoms with E-state index in [9.17, 15) is 0 Å². The van der Waals surface area contributed by atoms with Crippen LogP contribution in [0.5, 0.6) is 5.75 Å². The summed E-state index contributed by atoms with van der Waals surface area (Å²) in [5.41, 5.74) is 1.07. The second kappa shape index (κ2) is 10.1. The van der Waals surface area contributed by atoms with Crippen LogP contribution in [-0.4, -0.2) is 34.4 Å². The fourth-order valence-corrected chi connectivity index (χ4v) is 2.84. The number of rotatable bonds is 7. The quantitative estimate of drug-likeness (QED) is 0.282. The van der Waals surface area contributed by atoms with E-state index in [-0.39, 0.29) is 24.0 Å². The third-order valence-corrected chi connectivity index (χ3v) is 4.10. The number of nitrogens with one attached hydrogen (secondary N) is 2. The van der Waals surface area contributed by atoms with Gasteiger partial charge >= 0.3 is 0 Å². The lowest BCUT2D eigenvalue weighted by Gasteiger charge is -2.14. The molecule has 0 aliphatic carbocycles. The van der Waals surface area contributed by atoms with Gasteiger partial charge in [-0.25, -0.2) is 0 Å². The lowest BCUT2D eigenvalue weighted by Crippen LogP contribution is -2.37. The minimum absolute atomic E-state index is 0. The molecule has 0 bridgehead atoms. The molecule has 140 valence electrons. The van der Waals surface area contributed by atoms with E-state index >= 15 is 0 Å². The molecule has 0 unspecified atom stereocenters. The van der Waals surface area contributed by atoms with Gasteiger partial charge in [0.2, 0.25) is 0 Å². The Bertz CT molecular complexity index is 758. The second-order valence-corrected chi connectivity index (χ2v) is 5.77. The number of fused-ring (bicyclic) bond motifs is 1. The Kier molecular flexibility index (Phi) is 7.89. The first-order valence-electron chi connectivity index (χ1n) is 8.49. The molecule has 0 saturated heterocycles. The summed E-state index contributed by atoms with van der Waals surface area (Å²) < 4.78 is 7.86. The summed E-state index contributed by atoms with van der Waals surface area (Å²) in [6.07, 6.45) is 3.90. The molecule has 26 heavy (non-hydrogen) atoms. The van der Waals surface area contributed by atoms with E-state index in [2.05, 4.69) is 37.0 Å². The zero-order valence-electron chi connectivity index (χ0n) is 14.9. The van der Waals surface area contributed by atoms with Crippen LogP contribution >= 0.6 is 24.0 Å². The molecule has 1 aromatic carbocycles. The fraction of sp³-hybridized carbons (Fsp3) is 0.389. The molecular weight excluding hydrogens is 443 g/mol. The number of halogens is 1. The molecule has 0 amide bonds. The summed E-state index contributed by atoms with van der Waals surface area (Å²) >= 11 is 0. The van der Waals surface area contributed by atoms with Gasteiger partial charge in [0.05, 0.1) is 6.54 Å². The third kappa shape index (κ3) is 4.96. The molecule has 3 rings (SSSR count). The number of hydrogen-bond donors (Lipinski definition) is 2. The van der Waals surface area contributed by atoms with Gasteiger partial charge in [0.25, 0.3) is 0 Å². The standard InChI is InChI=1S/C18H24N6O.HI/c1-3-11-25-15-8-5-4-7-14(15)12-20-18(19-2)21-13-17-23-22-16-9-6-10-24(16)17;/h3-5,7-8H,1,6,9-13H2,2H3,(H2,19,20,21);1H. The Morgan fingerprint density at radius 1 is 1.31 bits per heavy atom. The highest BCUT2D eigenvalue weighted by atomic mass is 127. The normalized spacial score (nSPS) is 12.9. The van der Waals surface area contributed by atoms with Crippen molar-refractivity contribution in [2.24, 2.45) is 4.99 Å². The first kappa shape index (κ1) is 20.2. The van der Waals surface area contributed by atoms with Gasteiger partial charge in [0, 0.05) is 32.1 Å². The molecule has 0 saturated carbocycles. The Morgan fingerprint density at radius 3 is 2.92 bits per heavy atom. The number of aryl methyl sites for hydroxylation is 1. The van der Waals surface area contributed by atoms with Gasteiger partial charge in [-0.3, -0.25) is 4.99 Å². The van der Waals surface area contributed by atoms with Crippen molar-refractivity contribution in [3.05, 3.63) is 54.1 Å². The number of ether oxygens (including phenoxy) is 1. The Balaban J connectivity index is 0.00000243. The first-order valence-corrected chi connectivity index (χ1v) is 8.49. The van der Waals surface area contributed by atoms with Crippen LogP contribution in [0.25, 0.3) is 0 Å². The van der Waals surface area contributed by atoms with Gasteiger partial charge in [0.15, 0.2) is 11.8 Å². The van der Waals surface area contributed by atoms with Gasteiger partial charge in [-0.2, -0.15) is 0 Å². The number of hydrogen-bond acceptors (Lipinski definition) is 4. The van der Waals surface area contributed by atoms with Gasteiger partial charge in [-0.1, -0.05) is 30.9 Å². The van der Waals surface area contributed by atoms with Crippen LogP contribution in [0, 0.1) is 0 Å². The maximum atomic E-state index is 5.68. The van der Waals surface area contributed by atoms with E-state index in [4.69, 9.17) is 4.74 Å². The third-order valence-electron chi connectivity index (χ3n) is 4.10. The summed E-state index contributed by atoms with van der Waals surface area (Å²) in [6.45, 7) is 6.39. The Hall–Kier alpha value is -2.10. The van der Waals surface area contributed by atoms with Crippen LogP contribution < -0.4 is 15.4 Å². The first-order chi connectivity index (χ1) is 12.3. The van der Waals surface area contributed by atoms with Crippen LogP contribution in [-0.2, 0) is 26.1 Å². The van der Waals surface area contributed by atoms with Crippen LogP contribution in [0.15, 0.2) is 41.9 Å². The van der Waals surface area contributed by atoms with Gasteiger partial charge in [-0.05, 0) is 12.5 Å². The molecule has 1 aromatic heterocycles. The molecule has 2 aromatic rings. The smallest absolute Gasteiger partial charge is 0.191 e. The van der Waals surface area contributed by atoms with Crippen LogP contribution in [0.1, 0.15) is 23.6 Å². The molecule has 7 nitrogen and oxygen atoms in total. The number of guanidine groups is 1. The van der Waals surface area contributed by atoms with Crippen molar-refractivity contribution in [3.8, 4) is 5.75 Å². The zero-order chi connectivity index (χ0) is 17.5. The minimum atomic E-state index is 0. The fourth-order valence-electron chi connectivity index (χ4n) is 2.84. The van der Waals surface area contributed by atoms with Crippen molar-refractivity contribution in [1.29, 1.82) is 0 Å². The topological polar surface area (TPSA) is 76.4 Å². The summed E-state index contributed by atoms with van der Waals surface area (Å²) in [5.74, 6) is 3.59. The molecule has 2 heterocycles. The van der Waals surface area contributed by atoms with Gasteiger partial charge < -0.3 is 19.9 Å². The zero-order valence-corrected chi connectivity index (χ0v) is 17.3. The van der Waals surface area contributed by atoms with Gasteiger partial charge in [0.1, 0.15) is 18.2 Å². The molecule has 0 radical (unpaired) electrons. The number of benzene rings is 1. The molecule has 0 atom stereocenters. The monoisotopic (exact) mass is 468 g/mol. The summed E-state index contributed by atoms with van der Waals surface area (Å²) in [5, 5.41) is 15.1. The van der Waals surface area contributed by atoms with Crippen molar-refractivity contribution < 1.29 is 4.74 Å². The average molecular weight is 468 g/mol. The number of aromatic nitrogens is 3. The largest absolute Gasteiger partial charge is 0.489 e. The molecule has 2 N–H and O–H groups in total.